The Kier molecular flexibility index (Phi) is 2.73. The van der Waals surface area contributed by atoms with Crippen LogP contribution in [0.3, 0.4) is 0 Å². The summed E-state index contributed by atoms with van der Waals surface area (Å²) >= 11 is 4.85. The number of hydrogen-bond donors (Lipinski definition) is 1. The molecule has 0 aliphatic carbocycles. The lowest BCUT2D eigenvalue weighted by Gasteiger charge is -2.03. The molecule has 2 N–H and O–H groups in total. The monoisotopic (exact) mass is 236 g/mol. The molecule has 2 rings (SSSR count). The number of ether oxygens (including phenoxy) is 1. The molecule has 0 unspecified atom stereocenters. The molecule has 0 saturated heterocycles. The first-order chi connectivity index (χ1) is 7.66. The van der Waals surface area contributed by atoms with Crippen LogP contribution < -0.4 is 10.5 Å². The summed E-state index contributed by atoms with van der Waals surface area (Å²) in [4.78, 5) is 4.07. The molecule has 0 radical (unpaired) electrons. The molecule has 0 amide bonds. The Labute approximate surface area is 96.3 Å². The van der Waals surface area contributed by atoms with Crippen LogP contribution in [0.4, 0.5) is 0 Å². The van der Waals surface area contributed by atoms with E-state index in [-0.39, 0.29) is 16.9 Å². The third-order valence-electron chi connectivity index (χ3n) is 1.72. The topological polar surface area (TPSA) is 91.7 Å². The summed E-state index contributed by atoms with van der Waals surface area (Å²) in [6, 6.07) is 1.79. The zero-order valence-electron chi connectivity index (χ0n) is 8.36. The van der Waals surface area contributed by atoms with Gasteiger partial charge in [-0.2, -0.15) is 10.1 Å². The standard InChI is InChI=1S/C8H8N6OS/c1-14-4-10-8(13-14)15-7-5(6(9)16)2-3-11-12-7/h2-4H,1H3,(H2,9,16). The number of nitrogens with two attached hydrogens (primary N) is 1. The van der Waals surface area contributed by atoms with Crippen molar-refractivity contribution in [2.45, 2.75) is 0 Å². The van der Waals surface area contributed by atoms with Crippen LogP contribution in [0.25, 0.3) is 0 Å². The van der Waals surface area contributed by atoms with Gasteiger partial charge in [-0.1, -0.05) is 12.2 Å². The summed E-state index contributed by atoms with van der Waals surface area (Å²) in [5.74, 6) is 0.196. The smallest absolute Gasteiger partial charge is 0.342 e. The average Bonchev–Trinajstić information content (AvgIpc) is 2.64. The first kappa shape index (κ1) is 10.4. The normalized spacial score (nSPS) is 10.1. The highest BCUT2D eigenvalue weighted by Gasteiger charge is 2.11. The van der Waals surface area contributed by atoms with Crippen LogP contribution in [0.5, 0.6) is 11.9 Å². The molecule has 0 atom stereocenters. The molecule has 0 fully saturated rings. The van der Waals surface area contributed by atoms with E-state index >= 15 is 0 Å². The second-order valence-corrected chi connectivity index (χ2v) is 3.36. The van der Waals surface area contributed by atoms with Gasteiger partial charge < -0.3 is 10.5 Å². The fourth-order valence-corrected chi connectivity index (χ4v) is 1.19. The van der Waals surface area contributed by atoms with Crippen molar-refractivity contribution in [2.24, 2.45) is 12.8 Å². The molecule has 0 bridgehead atoms. The summed E-state index contributed by atoms with van der Waals surface area (Å²) in [5.41, 5.74) is 6.01. The zero-order chi connectivity index (χ0) is 11.5. The molecule has 7 nitrogen and oxygen atoms in total. The summed E-state index contributed by atoms with van der Waals surface area (Å²) in [6.45, 7) is 0. The Bertz CT molecular complexity index is 525. The van der Waals surface area contributed by atoms with Gasteiger partial charge in [0.15, 0.2) is 0 Å². The molecule has 0 spiro atoms. The third kappa shape index (κ3) is 2.11. The van der Waals surface area contributed by atoms with Crippen LogP contribution in [-0.2, 0) is 7.05 Å². The van der Waals surface area contributed by atoms with Crippen molar-refractivity contribution in [3.05, 3.63) is 24.2 Å². The van der Waals surface area contributed by atoms with Crippen molar-refractivity contribution in [3.63, 3.8) is 0 Å². The Balaban J connectivity index is 2.31. The highest BCUT2D eigenvalue weighted by atomic mass is 32.1. The first-order valence-corrected chi connectivity index (χ1v) is 4.72. The lowest BCUT2D eigenvalue weighted by atomic mass is 10.3. The van der Waals surface area contributed by atoms with Crippen LogP contribution in [-0.4, -0.2) is 30.0 Å². The van der Waals surface area contributed by atoms with Crippen molar-refractivity contribution in [3.8, 4) is 11.9 Å². The zero-order valence-corrected chi connectivity index (χ0v) is 9.18. The number of rotatable bonds is 3. The van der Waals surface area contributed by atoms with Gasteiger partial charge in [0, 0.05) is 7.05 Å². The van der Waals surface area contributed by atoms with Crippen LogP contribution >= 0.6 is 12.2 Å². The molecule has 82 valence electrons. The van der Waals surface area contributed by atoms with Crippen LogP contribution in [0.2, 0.25) is 0 Å². The molecule has 0 aliphatic heterocycles. The van der Waals surface area contributed by atoms with Gasteiger partial charge in [-0.3, -0.25) is 4.68 Å². The van der Waals surface area contributed by atoms with E-state index in [1.54, 1.807) is 13.1 Å². The Morgan fingerprint density at radius 2 is 2.38 bits per heavy atom. The third-order valence-corrected chi connectivity index (χ3v) is 1.94. The summed E-state index contributed by atoms with van der Waals surface area (Å²) in [7, 11) is 1.73. The van der Waals surface area contributed by atoms with E-state index in [1.165, 1.54) is 17.2 Å². The van der Waals surface area contributed by atoms with Crippen molar-refractivity contribution in [1.82, 2.24) is 25.0 Å². The Hall–Kier alpha value is -2.09. The van der Waals surface area contributed by atoms with E-state index in [1.807, 2.05) is 0 Å². The second kappa shape index (κ2) is 4.19. The van der Waals surface area contributed by atoms with Gasteiger partial charge in [-0.25, -0.2) is 0 Å². The molecule has 2 aromatic heterocycles. The largest absolute Gasteiger partial charge is 0.402 e. The van der Waals surface area contributed by atoms with Gasteiger partial charge in [-0.15, -0.1) is 10.2 Å². The number of thiocarbonyl (C=S) groups is 1. The fraction of sp³-hybridized carbons (Fsp3) is 0.125. The van der Waals surface area contributed by atoms with Crippen molar-refractivity contribution < 1.29 is 4.74 Å². The van der Waals surface area contributed by atoms with Gasteiger partial charge in [0.2, 0.25) is 0 Å². The maximum Gasteiger partial charge on any atom is 0.342 e. The number of nitrogens with zero attached hydrogens (tertiary/aromatic N) is 5. The van der Waals surface area contributed by atoms with Crippen LogP contribution in [0.1, 0.15) is 5.56 Å². The highest BCUT2D eigenvalue weighted by molar-refractivity contribution is 7.80. The van der Waals surface area contributed by atoms with E-state index in [0.29, 0.717) is 5.56 Å². The van der Waals surface area contributed by atoms with Crippen molar-refractivity contribution in [1.29, 1.82) is 0 Å². The molecular weight excluding hydrogens is 228 g/mol. The molecule has 0 saturated carbocycles. The van der Waals surface area contributed by atoms with E-state index in [0.717, 1.165) is 0 Å². The van der Waals surface area contributed by atoms with Gasteiger partial charge in [0.25, 0.3) is 5.88 Å². The van der Waals surface area contributed by atoms with Gasteiger partial charge in [0.1, 0.15) is 11.3 Å². The molecular formula is C8H8N6OS. The van der Waals surface area contributed by atoms with Gasteiger partial charge in [-0.05, 0) is 6.07 Å². The van der Waals surface area contributed by atoms with E-state index in [2.05, 4.69) is 20.3 Å². The first-order valence-electron chi connectivity index (χ1n) is 4.32. The van der Waals surface area contributed by atoms with Gasteiger partial charge in [0.05, 0.1) is 11.8 Å². The maximum absolute atomic E-state index is 5.51. The van der Waals surface area contributed by atoms with E-state index < -0.39 is 0 Å². The Morgan fingerprint density at radius 3 is 3.00 bits per heavy atom. The fourth-order valence-electron chi connectivity index (χ4n) is 1.03. The quantitative estimate of drug-likeness (QED) is 0.751. The number of aryl methyl sites for hydroxylation is 1. The summed E-state index contributed by atoms with van der Waals surface area (Å²) in [5, 5.41) is 11.4. The van der Waals surface area contributed by atoms with Crippen LogP contribution in [0, 0.1) is 0 Å². The predicted octanol–water partition coefficient (Wildman–Crippen LogP) is 0.0316. The summed E-state index contributed by atoms with van der Waals surface area (Å²) in [6.07, 6.45) is 2.99. The predicted molar refractivity (Wildman–Crippen MR) is 59.0 cm³/mol. The highest BCUT2D eigenvalue weighted by Crippen LogP contribution is 2.18. The lowest BCUT2D eigenvalue weighted by molar-refractivity contribution is 0.415. The Morgan fingerprint density at radius 1 is 1.56 bits per heavy atom. The van der Waals surface area contributed by atoms with E-state index in [9.17, 15) is 0 Å². The average molecular weight is 236 g/mol. The van der Waals surface area contributed by atoms with Crippen molar-refractivity contribution in [2.75, 3.05) is 0 Å². The molecule has 8 heteroatoms. The SMILES string of the molecule is Cn1cnc(Oc2nnccc2C(N)=S)n1. The minimum atomic E-state index is 0.167. The molecule has 0 aliphatic rings. The van der Waals surface area contributed by atoms with Crippen molar-refractivity contribution >= 4 is 17.2 Å². The summed E-state index contributed by atoms with van der Waals surface area (Å²) < 4.78 is 6.81. The molecule has 2 aromatic rings. The molecule has 2 heterocycles. The molecule has 16 heavy (non-hydrogen) atoms. The number of aromatic nitrogens is 5. The van der Waals surface area contributed by atoms with Crippen LogP contribution in [0.15, 0.2) is 18.6 Å². The lowest BCUT2D eigenvalue weighted by Crippen LogP contribution is -2.12. The second-order valence-electron chi connectivity index (χ2n) is 2.92. The van der Waals surface area contributed by atoms with E-state index in [4.69, 9.17) is 22.7 Å². The molecule has 0 aromatic carbocycles. The maximum atomic E-state index is 5.51. The number of hydrogen-bond acceptors (Lipinski definition) is 6. The minimum absolute atomic E-state index is 0.167. The minimum Gasteiger partial charge on any atom is -0.402 e. The van der Waals surface area contributed by atoms with Gasteiger partial charge >= 0.3 is 6.01 Å².